The van der Waals surface area contributed by atoms with Crippen LogP contribution in [0.3, 0.4) is 0 Å². The summed E-state index contributed by atoms with van der Waals surface area (Å²) in [5.41, 5.74) is 0.839. The number of benzene rings is 2. The number of halogens is 2. The molecule has 1 aliphatic heterocycles. The van der Waals surface area contributed by atoms with Crippen LogP contribution in [0.15, 0.2) is 42.5 Å². The number of alkyl halides is 1. The van der Waals surface area contributed by atoms with Crippen LogP contribution < -0.4 is 5.32 Å². The number of carbonyl (C=O) groups is 3. The molecular formula is C23H24ClFN2O6. The molecule has 1 aliphatic rings. The highest BCUT2D eigenvalue weighted by atomic mass is 35.5. The van der Waals surface area contributed by atoms with Crippen molar-refractivity contribution in [1.29, 1.82) is 0 Å². The topological polar surface area (TPSA) is 127 Å². The van der Waals surface area contributed by atoms with Crippen LogP contribution in [0.4, 0.5) is 4.39 Å². The predicted molar refractivity (Wildman–Crippen MR) is 118 cm³/mol. The number of nitrogens with one attached hydrogen (secondary N) is 1. The first-order valence-electron chi connectivity index (χ1n) is 10.3. The van der Waals surface area contributed by atoms with Gasteiger partial charge in [0.1, 0.15) is 17.6 Å². The third-order valence-electron chi connectivity index (χ3n) is 5.66. The molecule has 1 fully saturated rings. The molecule has 0 spiro atoms. The Labute approximate surface area is 194 Å². The first kappa shape index (κ1) is 24.5. The van der Waals surface area contributed by atoms with Gasteiger partial charge in [0, 0.05) is 17.7 Å². The van der Waals surface area contributed by atoms with Crippen molar-refractivity contribution in [2.45, 2.75) is 43.3 Å². The molecule has 0 saturated carbocycles. The fourth-order valence-corrected chi connectivity index (χ4v) is 4.20. The van der Waals surface area contributed by atoms with Gasteiger partial charge in [-0.05, 0) is 49.6 Å². The summed E-state index contributed by atoms with van der Waals surface area (Å²) in [4.78, 5) is 38.5. The lowest BCUT2D eigenvalue weighted by Gasteiger charge is -2.29. The summed E-state index contributed by atoms with van der Waals surface area (Å²) < 4.78 is 13.7. The highest BCUT2D eigenvalue weighted by molar-refractivity contribution is 6.21. The number of amides is 2. The number of aliphatic hydroxyl groups is 1. The van der Waals surface area contributed by atoms with Crippen molar-refractivity contribution in [3.05, 3.63) is 65.0 Å². The largest absolute Gasteiger partial charge is 0.508 e. The van der Waals surface area contributed by atoms with Gasteiger partial charge >= 0.3 is 5.97 Å². The van der Waals surface area contributed by atoms with Gasteiger partial charge in [0.05, 0.1) is 11.4 Å². The minimum Gasteiger partial charge on any atom is -0.508 e. The summed E-state index contributed by atoms with van der Waals surface area (Å²) in [5, 5.41) is 32.2. The zero-order chi connectivity index (χ0) is 24.3. The zero-order valence-electron chi connectivity index (χ0n) is 17.7. The lowest BCUT2D eigenvalue weighted by molar-refractivity contribution is -0.152. The molecule has 0 aromatic heterocycles. The summed E-state index contributed by atoms with van der Waals surface area (Å²) in [6.45, 7) is 1.47. The summed E-state index contributed by atoms with van der Waals surface area (Å²) in [7, 11) is 0. The molecule has 2 aromatic rings. The normalized spacial score (nSPS) is 19.7. The number of aliphatic carboxylic acids is 1. The molecule has 10 heteroatoms. The lowest BCUT2D eigenvalue weighted by Crippen LogP contribution is -2.54. The van der Waals surface area contributed by atoms with E-state index in [0.717, 1.165) is 4.90 Å². The number of likely N-dealkylation sites (tertiary alicyclic amines) is 1. The maximum atomic E-state index is 13.7. The van der Waals surface area contributed by atoms with E-state index >= 15 is 0 Å². The van der Waals surface area contributed by atoms with Crippen molar-refractivity contribution in [2.24, 2.45) is 0 Å². The Morgan fingerprint density at radius 3 is 2.61 bits per heavy atom. The maximum Gasteiger partial charge on any atom is 0.326 e. The van der Waals surface area contributed by atoms with Crippen molar-refractivity contribution in [2.75, 3.05) is 6.54 Å². The minimum absolute atomic E-state index is 0.0265. The molecule has 8 nitrogen and oxygen atoms in total. The average Bonchev–Trinajstić information content (AvgIpc) is 3.16. The first-order valence-corrected chi connectivity index (χ1v) is 10.7. The maximum absolute atomic E-state index is 13.7. The lowest BCUT2D eigenvalue weighted by atomic mass is 9.98. The summed E-state index contributed by atoms with van der Waals surface area (Å²) >= 11 is 6.04. The van der Waals surface area contributed by atoms with Crippen LogP contribution in [0.2, 0.25) is 0 Å². The molecule has 3 rings (SSSR count). The number of hydrogen-bond acceptors (Lipinski definition) is 5. The van der Waals surface area contributed by atoms with Gasteiger partial charge < -0.3 is 25.5 Å². The van der Waals surface area contributed by atoms with Crippen LogP contribution in [-0.4, -0.2) is 68.1 Å². The fourth-order valence-electron chi connectivity index (χ4n) is 3.88. The Morgan fingerprint density at radius 2 is 1.94 bits per heavy atom. The minimum atomic E-state index is -1.82. The summed E-state index contributed by atoms with van der Waals surface area (Å²) in [6, 6.07) is 7.42. The fraction of sp³-hybridized carbons (Fsp3) is 0.348. The van der Waals surface area contributed by atoms with Crippen molar-refractivity contribution in [3.8, 4) is 5.75 Å². The second-order valence-electron chi connectivity index (χ2n) is 7.99. The van der Waals surface area contributed by atoms with Crippen LogP contribution in [0.25, 0.3) is 0 Å². The Morgan fingerprint density at radius 1 is 1.24 bits per heavy atom. The number of carboxylic acids is 1. The second kappa shape index (κ2) is 10.2. The number of carboxylic acid groups (broad SMARTS) is 1. The van der Waals surface area contributed by atoms with Gasteiger partial charge in [0.2, 0.25) is 0 Å². The third kappa shape index (κ3) is 5.61. The zero-order valence-corrected chi connectivity index (χ0v) is 18.5. The molecule has 176 valence electrons. The van der Waals surface area contributed by atoms with Crippen molar-refractivity contribution in [1.82, 2.24) is 10.2 Å². The van der Waals surface area contributed by atoms with Crippen LogP contribution >= 0.6 is 11.6 Å². The Balaban J connectivity index is 1.89. The van der Waals surface area contributed by atoms with Gasteiger partial charge in [-0.3, -0.25) is 9.59 Å². The van der Waals surface area contributed by atoms with E-state index in [9.17, 15) is 34.1 Å². The highest BCUT2D eigenvalue weighted by Crippen LogP contribution is 2.25. The number of rotatable bonds is 7. The summed E-state index contributed by atoms with van der Waals surface area (Å²) in [6.07, 6.45) is -1.90. The van der Waals surface area contributed by atoms with E-state index in [-0.39, 0.29) is 30.7 Å². The Kier molecular flexibility index (Phi) is 7.55. The third-order valence-corrected chi connectivity index (χ3v) is 5.98. The van der Waals surface area contributed by atoms with Crippen LogP contribution in [0.5, 0.6) is 5.75 Å². The number of aromatic hydroxyl groups is 1. The summed E-state index contributed by atoms with van der Waals surface area (Å²) in [5.74, 6) is -3.45. The van der Waals surface area contributed by atoms with Crippen molar-refractivity contribution < 1.29 is 34.1 Å². The van der Waals surface area contributed by atoms with E-state index in [2.05, 4.69) is 5.32 Å². The van der Waals surface area contributed by atoms with Crippen molar-refractivity contribution in [3.63, 3.8) is 0 Å². The molecule has 2 amide bonds. The number of phenolic OH excluding ortho intramolecular Hbond substituents is 1. The van der Waals surface area contributed by atoms with E-state index in [1.54, 1.807) is 6.07 Å². The number of hydrogen-bond donors (Lipinski definition) is 4. The van der Waals surface area contributed by atoms with E-state index in [1.807, 2.05) is 0 Å². The molecule has 33 heavy (non-hydrogen) atoms. The van der Waals surface area contributed by atoms with Gasteiger partial charge in [0.15, 0.2) is 6.10 Å². The van der Waals surface area contributed by atoms with E-state index in [0.29, 0.717) is 11.1 Å². The van der Waals surface area contributed by atoms with Gasteiger partial charge in [0.25, 0.3) is 11.8 Å². The highest BCUT2D eigenvalue weighted by Gasteiger charge is 2.42. The number of aliphatic hydroxyl groups excluding tert-OH is 1. The quantitative estimate of drug-likeness (QED) is 0.450. The van der Waals surface area contributed by atoms with Gasteiger partial charge in [-0.1, -0.05) is 18.2 Å². The number of phenols is 1. The van der Waals surface area contributed by atoms with E-state index < -0.39 is 47.2 Å². The number of carbonyl (C=O) groups excluding carboxylic acids is 2. The monoisotopic (exact) mass is 478 g/mol. The predicted octanol–water partition coefficient (Wildman–Crippen LogP) is 1.83. The molecular weight excluding hydrogens is 455 g/mol. The van der Waals surface area contributed by atoms with Gasteiger partial charge in [-0.2, -0.15) is 0 Å². The smallest absolute Gasteiger partial charge is 0.326 e. The molecule has 0 aliphatic carbocycles. The molecule has 1 heterocycles. The molecule has 4 N–H and O–H groups in total. The van der Waals surface area contributed by atoms with Gasteiger partial charge in [-0.15, -0.1) is 11.6 Å². The van der Waals surface area contributed by atoms with E-state index in [4.69, 9.17) is 11.6 Å². The molecule has 0 radical (unpaired) electrons. The molecule has 0 bridgehead atoms. The Bertz CT molecular complexity index is 1060. The van der Waals surface area contributed by atoms with Crippen LogP contribution in [0, 0.1) is 12.7 Å². The molecule has 4 atom stereocenters. The van der Waals surface area contributed by atoms with Crippen LogP contribution in [0.1, 0.15) is 27.9 Å². The number of nitrogens with zero attached hydrogens (tertiary/aromatic N) is 1. The van der Waals surface area contributed by atoms with E-state index in [1.165, 1.54) is 43.3 Å². The van der Waals surface area contributed by atoms with Crippen molar-refractivity contribution >= 4 is 29.4 Å². The second-order valence-corrected chi connectivity index (χ2v) is 8.60. The molecule has 2 aromatic carbocycles. The SMILES string of the molecule is Cc1c(O)cccc1C(=O)N[C@@H](Cc1cccc(F)c1)[C@H](O)C(=O)N1C[C@@H](Cl)C[C@H]1C(=O)O. The Hall–Kier alpha value is -3.17. The van der Waals surface area contributed by atoms with Crippen LogP contribution in [-0.2, 0) is 16.0 Å². The first-order chi connectivity index (χ1) is 15.6. The average molecular weight is 479 g/mol. The molecule has 0 unspecified atom stereocenters. The standard InChI is InChI=1S/C23H24ClFN2O6/c1-12-16(6-3-7-19(12)28)21(30)26-17(9-13-4-2-5-15(25)8-13)20(29)22(31)27-11-14(24)10-18(27)23(32)33/h2-8,14,17-18,20,28-29H,9-11H2,1H3,(H,26,30)(H,32,33)/t14-,17-,18-,20-/m0/s1. The molecule has 1 saturated heterocycles. The van der Waals surface area contributed by atoms with Gasteiger partial charge in [-0.25, -0.2) is 9.18 Å².